The molecule has 2 N–H and O–H groups in total. The lowest BCUT2D eigenvalue weighted by atomic mass is 9.86. The number of amides is 1. The number of ether oxygens (including phenoxy) is 3. The lowest BCUT2D eigenvalue weighted by Crippen LogP contribution is -2.46. The molecule has 286 valence electrons. The molecule has 55 heavy (non-hydrogen) atoms. The van der Waals surface area contributed by atoms with Crippen LogP contribution in [0.2, 0.25) is 0 Å². The van der Waals surface area contributed by atoms with E-state index >= 15 is 0 Å². The lowest BCUT2D eigenvalue weighted by molar-refractivity contribution is -0.171. The summed E-state index contributed by atoms with van der Waals surface area (Å²) in [5.74, 6) is -3.11. The van der Waals surface area contributed by atoms with Gasteiger partial charge >= 0.3 is 25.8 Å². The molecule has 1 amide bonds. The highest BCUT2D eigenvalue weighted by atomic mass is 31.2. The number of phosphoric ester groups is 1. The second-order valence-corrected chi connectivity index (χ2v) is 14.8. The second-order valence-electron chi connectivity index (χ2n) is 13.5. The minimum Gasteiger partial charge on any atom is -0.458 e. The van der Waals surface area contributed by atoms with Crippen molar-refractivity contribution >= 4 is 53.6 Å². The number of para-hydroxylation sites is 1. The minimum atomic E-state index is -5.18. The van der Waals surface area contributed by atoms with Gasteiger partial charge in [0.2, 0.25) is 11.5 Å². The Morgan fingerprint density at radius 2 is 1.95 bits per heavy atom. The van der Waals surface area contributed by atoms with Crippen LogP contribution in [0.1, 0.15) is 57.0 Å². The van der Waals surface area contributed by atoms with Crippen LogP contribution in [0, 0.1) is 12.0 Å². The molecular weight excluding hydrogens is 744 g/mol. The van der Waals surface area contributed by atoms with Crippen LogP contribution < -0.4 is 10.9 Å². The molecule has 20 heteroatoms. The average molecular weight is 778 g/mol. The number of nitrogens with zero attached hydrogens (tertiary/aromatic N) is 6. The third kappa shape index (κ3) is 6.17. The summed E-state index contributed by atoms with van der Waals surface area (Å²) in [6, 6.07) is 11.0. The summed E-state index contributed by atoms with van der Waals surface area (Å²) in [5.41, 5.74) is -0.204. The van der Waals surface area contributed by atoms with Crippen LogP contribution >= 0.6 is 7.82 Å². The zero-order valence-electron chi connectivity index (χ0n) is 29.7. The summed E-state index contributed by atoms with van der Waals surface area (Å²) in [6.45, 7) is 4.79. The molecule has 8 rings (SSSR count). The molecule has 0 saturated carbocycles. The number of aromatic nitrogens is 6. The zero-order chi connectivity index (χ0) is 39.0. The van der Waals surface area contributed by atoms with Crippen molar-refractivity contribution in [2.75, 3.05) is 11.9 Å². The lowest BCUT2D eigenvalue weighted by Gasteiger charge is -2.36. The number of esters is 2. The Morgan fingerprint density at radius 3 is 2.69 bits per heavy atom. The van der Waals surface area contributed by atoms with Crippen molar-refractivity contribution in [3.05, 3.63) is 75.8 Å². The SMILES string of the molecule is CC[C@@]1(OP(=O)(O)OC[C@H]2O[C@@H](n3cnc4c(NC(C)=O)nc(F)nc43)[C@@H](OC(C)=O)[C@@H]2C)C(=O)OCc2c1cc1n(c2=O)Cc2cc3ccccc3nc2-1. The van der Waals surface area contributed by atoms with Crippen molar-refractivity contribution in [3.63, 3.8) is 0 Å². The maximum atomic E-state index is 14.5. The van der Waals surface area contributed by atoms with E-state index in [1.54, 1.807) is 13.0 Å². The summed E-state index contributed by atoms with van der Waals surface area (Å²) in [7, 11) is -5.18. The van der Waals surface area contributed by atoms with E-state index in [4.69, 9.17) is 28.2 Å². The number of carbonyl (C=O) groups is 3. The third-order valence-corrected chi connectivity index (χ3v) is 11.0. The van der Waals surface area contributed by atoms with E-state index in [1.165, 1.54) is 36.2 Å². The second kappa shape index (κ2) is 13.4. The molecule has 0 spiro atoms. The molecular formula is C35H33FN7O11P. The predicted molar refractivity (Wildman–Crippen MR) is 187 cm³/mol. The van der Waals surface area contributed by atoms with Crippen molar-refractivity contribution in [2.45, 2.75) is 71.3 Å². The van der Waals surface area contributed by atoms with E-state index in [0.717, 1.165) is 10.9 Å². The van der Waals surface area contributed by atoms with Crippen molar-refractivity contribution in [1.82, 2.24) is 29.1 Å². The Bertz CT molecular complexity index is 2560. The first-order chi connectivity index (χ1) is 26.2. The molecule has 1 aromatic carbocycles. The Hall–Kier alpha value is -5.46. The fourth-order valence-corrected chi connectivity index (χ4v) is 8.49. The van der Waals surface area contributed by atoms with E-state index in [2.05, 4.69) is 20.3 Å². The van der Waals surface area contributed by atoms with Crippen molar-refractivity contribution in [3.8, 4) is 11.4 Å². The number of hydrogen-bond donors (Lipinski definition) is 2. The Morgan fingerprint density at radius 1 is 1.16 bits per heavy atom. The highest BCUT2D eigenvalue weighted by Gasteiger charge is 2.53. The maximum absolute atomic E-state index is 14.5. The van der Waals surface area contributed by atoms with Gasteiger partial charge in [-0.05, 0) is 24.6 Å². The smallest absolute Gasteiger partial charge is 0.458 e. The number of cyclic esters (lactones) is 1. The summed E-state index contributed by atoms with van der Waals surface area (Å²) < 4.78 is 59.4. The molecule has 4 aromatic heterocycles. The zero-order valence-corrected chi connectivity index (χ0v) is 30.6. The third-order valence-electron chi connectivity index (χ3n) is 10.0. The van der Waals surface area contributed by atoms with Gasteiger partial charge < -0.3 is 29.0 Å². The van der Waals surface area contributed by atoms with Crippen molar-refractivity contribution in [1.29, 1.82) is 0 Å². The molecule has 1 fully saturated rings. The molecule has 3 aliphatic rings. The maximum Gasteiger partial charge on any atom is 0.473 e. The van der Waals surface area contributed by atoms with Gasteiger partial charge in [-0.15, -0.1) is 0 Å². The first-order valence-electron chi connectivity index (χ1n) is 17.2. The molecule has 0 bridgehead atoms. The van der Waals surface area contributed by atoms with Crippen LogP contribution in [0.15, 0.2) is 47.5 Å². The highest BCUT2D eigenvalue weighted by Crippen LogP contribution is 2.54. The van der Waals surface area contributed by atoms with Gasteiger partial charge in [-0.25, -0.2) is 19.3 Å². The molecule has 6 atom stereocenters. The van der Waals surface area contributed by atoms with E-state index in [0.29, 0.717) is 16.9 Å². The number of phosphoric acid groups is 1. The summed E-state index contributed by atoms with van der Waals surface area (Å²) in [5, 5.41) is 3.28. The number of benzene rings is 1. The Balaban J connectivity index is 1.08. The number of nitrogens with one attached hydrogen (secondary N) is 1. The highest BCUT2D eigenvalue weighted by molar-refractivity contribution is 7.47. The van der Waals surface area contributed by atoms with Crippen LogP contribution in [0.4, 0.5) is 10.2 Å². The molecule has 0 radical (unpaired) electrons. The fourth-order valence-electron chi connectivity index (χ4n) is 7.41. The quantitative estimate of drug-likeness (QED) is 0.121. The van der Waals surface area contributed by atoms with Crippen LogP contribution in [-0.2, 0) is 61.0 Å². The largest absolute Gasteiger partial charge is 0.473 e. The van der Waals surface area contributed by atoms with Gasteiger partial charge in [-0.1, -0.05) is 32.0 Å². The molecule has 3 aliphatic heterocycles. The molecule has 18 nitrogen and oxygen atoms in total. The van der Waals surface area contributed by atoms with Crippen LogP contribution in [0.5, 0.6) is 0 Å². The topological polar surface area (TPSA) is 225 Å². The number of hydrogen-bond acceptors (Lipinski definition) is 14. The van der Waals surface area contributed by atoms with Crippen LogP contribution in [0.3, 0.4) is 0 Å². The number of imidazole rings is 1. The van der Waals surface area contributed by atoms with Gasteiger partial charge in [-0.3, -0.25) is 28.0 Å². The fraction of sp³-hybridized carbons (Fsp3) is 0.371. The summed E-state index contributed by atoms with van der Waals surface area (Å²) in [6.07, 6.45) is -3.47. The number of rotatable bonds is 9. The number of fused-ring (bicyclic) bond motifs is 6. The standard InChI is InChI=1S/C35H33FN7O11P/c1-5-35(22-11-24-26-20(10-19-8-6-7-9-23(19)39-26)12-42(24)31(46)21(22)13-50-33(35)47)54-55(48,49)51-14-25-16(2)28(52-18(4)45)32(53-25)43-15-37-27-29(38-17(3)44)40-34(36)41-30(27)43/h6-11,15-16,25,28,32H,5,12-14H2,1-4H3,(H,48,49)(H,38,40,41,44)/t16-,25-,28+,32-,35+/m1/s1. The van der Waals surface area contributed by atoms with Gasteiger partial charge in [-0.2, -0.15) is 14.4 Å². The van der Waals surface area contributed by atoms with E-state index in [1.807, 2.05) is 30.3 Å². The number of pyridine rings is 2. The number of carbonyl (C=O) groups excluding carboxylic acids is 3. The number of halogens is 1. The van der Waals surface area contributed by atoms with Crippen LogP contribution in [0.25, 0.3) is 33.5 Å². The van der Waals surface area contributed by atoms with Crippen molar-refractivity contribution in [2.24, 2.45) is 5.92 Å². The Labute approximate surface area is 310 Å². The van der Waals surface area contributed by atoms with Gasteiger partial charge in [0.1, 0.15) is 6.61 Å². The molecule has 7 heterocycles. The van der Waals surface area contributed by atoms with E-state index in [9.17, 15) is 33.0 Å². The van der Waals surface area contributed by atoms with Gasteiger partial charge in [0.15, 0.2) is 29.3 Å². The predicted octanol–water partition coefficient (Wildman–Crippen LogP) is 3.62. The number of anilines is 1. The van der Waals surface area contributed by atoms with Crippen molar-refractivity contribution < 1.29 is 51.5 Å². The first-order valence-corrected chi connectivity index (χ1v) is 18.7. The monoisotopic (exact) mass is 777 g/mol. The van der Waals surface area contributed by atoms with Gasteiger partial charge in [0.05, 0.1) is 48.1 Å². The van der Waals surface area contributed by atoms with E-state index in [-0.39, 0.29) is 47.7 Å². The van der Waals surface area contributed by atoms with Crippen LogP contribution in [-0.4, -0.2) is 70.6 Å². The molecule has 1 unspecified atom stereocenters. The summed E-state index contributed by atoms with van der Waals surface area (Å²) >= 11 is 0. The minimum absolute atomic E-state index is 0.0183. The normalized spacial score (nSPS) is 23.9. The average Bonchev–Trinajstić information content (AvgIpc) is 3.80. The molecule has 1 saturated heterocycles. The van der Waals surface area contributed by atoms with E-state index < -0.39 is 73.9 Å². The summed E-state index contributed by atoms with van der Waals surface area (Å²) in [4.78, 5) is 78.9. The first kappa shape index (κ1) is 36.5. The van der Waals surface area contributed by atoms with Gasteiger partial charge in [0, 0.05) is 36.3 Å². The molecule has 5 aromatic rings. The Kier molecular flexibility index (Phi) is 8.88. The van der Waals surface area contributed by atoms with Gasteiger partial charge in [0.25, 0.3) is 5.56 Å². The molecule has 0 aliphatic carbocycles.